The third kappa shape index (κ3) is 5.52. The molecule has 0 fully saturated rings. The van der Waals surface area contributed by atoms with Crippen LogP contribution in [0.1, 0.15) is 11.1 Å². The Balaban J connectivity index is 1.45. The minimum atomic E-state index is -0.242. The zero-order valence-corrected chi connectivity index (χ0v) is 20.3. The summed E-state index contributed by atoms with van der Waals surface area (Å²) < 4.78 is 12.8. The first-order valence-corrected chi connectivity index (χ1v) is 11.8. The van der Waals surface area contributed by atoms with Crippen molar-refractivity contribution in [3.63, 3.8) is 0 Å². The molecule has 0 unspecified atom stereocenters. The molecule has 0 saturated heterocycles. The number of para-hydroxylation sites is 3. The zero-order chi connectivity index (χ0) is 23.9. The molecule has 4 aromatic rings. The van der Waals surface area contributed by atoms with Gasteiger partial charge in [0.1, 0.15) is 0 Å². The van der Waals surface area contributed by atoms with Gasteiger partial charge in [0, 0.05) is 10.6 Å². The van der Waals surface area contributed by atoms with Gasteiger partial charge in [0.2, 0.25) is 0 Å². The summed E-state index contributed by atoms with van der Waals surface area (Å²) in [5.41, 5.74) is 6.23. The monoisotopic (exact) mass is 494 g/mol. The molecule has 0 atom stereocenters. The zero-order valence-electron chi connectivity index (χ0n) is 18.7. The van der Waals surface area contributed by atoms with E-state index in [0.29, 0.717) is 28.6 Å². The summed E-state index contributed by atoms with van der Waals surface area (Å²) in [5, 5.41) is 5.51. The molecule has 1 N–H and O–H groups in total. The van der Waals surface area contributed by atoms with Crippen molar-refractivity contribution in [2.75, 3.05) is 20.0 Å². The van der Waals surface area contributed by atoms with Gasteiger partial charge in [0.25, 0.3) is 5.91 Å². The summed E-state index contributed by atoms with van der Waals surface area (Å²) in [5.74, 6) is 1.06. The maximum Gasteiger partial charge on any atom is 0.250 e. The van der Waals surface area contributed by atoms with Crippen LogP contribution in [0.3, 0.4) is 0 Å². The molecule has 0 aliphatic rings. The number of hydrogen-bond donors (Lipinski definition) is 1. The van der Waals surface area contributed by atoms with Gasteiger partial charge in [-0.15, -0.1) is 0 Å². The molecule has 0 saturated carbocycles. The van der Waals surface area contributed by atoms with E-state index in [4.69, 9.17) is 26.1 Å². The summed E-state index contributed by atoms with van der Waals surface area (Å²) in [6, 6.07) is 21.1. The molecule has 34 heavy (non-hydrogen) atoms. The highest BCUT2D eigenvalue weighted by Gasteiger charge is 2.13. The highest BCUT2D eigenvalue weighted by atomic mass is 35.5. The Morgan fingerprint density at radius 3 is 2.65 bits per heavy atom. The third-order valence-electron chi connectivity index (χ3n) is 5.03. The molecule has 174 valence electrons. The molecule has 0 spiro atoms. The van der Waals surface area contributed by atoms with E-state index in [1.165, 1.54) is 18.0 Å². The predicted molar refractivity (Wildman–Crippen MR) is 136 cm³/mol. The molecule has 0 aliphatic heterocycles. The van der Waals surface area contributed by atoms with Crippen LogP contribution in [0.2, 0.25) is 5.02 Å². The predicted octanol–water partition coefficient (Wildman–Crippen LogP) is 5.00. The van der Waals surface area contributed by atoms with Crippen molar-refractivity contribution in [1.82, 2.24) is 15.0 Å². The van der Waals surface area contributed by atoms with Gasteiger partial charge in [-0.2, -0.15) is 5.10 Å². The lowest BCUT2D eigenvalue weighted by Gasteiger charge is -2.10. The van der Waals surface area contributed by atoms with Crippen LogP contribution in [0.4, 0.5) is 0 Å². The molecule has 0 bridgehead atoms. The maximum absolute atomic E-state index is 12.5. The number of nitrogens with one attached hydrogen (secondary N) is 1. The number of amides is 1. The normalized spacial score (nSPS) is 11.1. The van der Waals surface area contributed by atoms with Gasteiger partial charge in [-0.25, -0.2) is 10.4 Å². The van der Waals surface area contributed by atoms with E-state index in [0.717, 1.165) is 21.8 Å². The van der Waals surface area contributed by atoms with E-state index >= 15 is 0 Å². The largest absolute Gasteiger partial charge is 0.493 e. The van der Waals surface area contributed by atoms with E-state index in [-0.39, 0.29) is 11.7 Å². The van der Waals surface area contributed by atoms with Crippen LogP contribution in [0.15, 0.2) is 77.0 Å². The second kappa shape index (κ2) is 11.1. The summed E-state index contributed by atoms with van der Waals surface area (Å²) in [6.07, 6.45) is 1.53. The fraction of sp³-hybridized carbons (Fsp3) is 0.160. The molecule has 7 nitrogen and oxygen atoms in total. The Kier molecular flexibility index (Phi) is 7.72. The number of imidazole rings is 1. The van der Waals surface area contributed by atoms with Crippen molar-refractivity contribution in [1.29, 1.82) is 0 Å². The Bertz CT molecular complexity index is 1320. The number of nitrogens with zero attached hydrogens (tertiary/aromatic N) is 3. The number of rotatable bonds is 9. The fourth-order valence-electron chi connectivity index (χ4n) is 3.44. The molecule has 1 heterocycles. The number of hydrazone groups is 1. The summed E-state index contributed by atoms with van der Waals surface area (Å²) in [4.78, 5) is 17.2. The number of carbonyl (C=O) groups is 1. The number of hydrogen-bond acceptors (Lipinski definition) is 6. The summed E-state index contributed by atoms with van der Waals surface area (Å²) in [6.45, 7) is 0.620. The highest BCUT2D eigenvalue weighted by molar-refractivity contribution is 7.99. The van der Waals surface area contributed by atoms with Crippen molar-refractivity contribution in [3.05, 3.63) is 82.9 Å². The second-order valence-electron chi connectivity index (χ2n) is 7.26. The van der Waals surface area contributed by atoms with Crippen molar-refractivity contribution < 1.29 is 14.3 Å². The standard InChI is InChI=1S/C25H23ClN4O3S/c1-32-22-9-5-6-18(24(22)33-2)14-27-29-23(31)16-34-25-28-20-7-3-4-8-21(20)30(25)15-17-10-12-19(26)13-11-17/h3-14H,15-16H2,1-2H3,(H,29,31)/b27-14-. The van der Waals surface area contributed by atoms with Crippen molar-refractivity contribution >= 4 is 46.5 Å². The molecule has 0 radical (unpaired) electrons. The van der Waals surface area contributed by atoms with E-state index in [1.807, 2.05) is 60.7 Å². The highest BCUT2D eigenvalue weighted by Crippen LogP contribution is 2.29. The lowest BCUT2D eigenvalue weighted by atomic mass is 10.2. The summed E-state index contributed by atoms with van der Waals surface area (Å²) in [7, 11) is 3.12. The molecular weight excluding hydrogens is 472 g/mol. The van der Waals surface area contributed by atoms with E-state index in [1.54, 1.807) is 20.3 Å². The van der Waals surface area contributed by atoms with Crippen LogP contribution >= 0.6 is 23.4 Å². The molecule has 0 aliphatic carbocycles. The number of thioether (sulfide) groups is 1. The van der Waals surface area contributed by atoms with Gasteiger partial charge in [0.15, 0.2) is 16.7 Å². The smallest absolute Gasteiger partial charge is 0.250 e. The van der Waals surface area contributed by atoms with Crippen molar-refractivity contribution in [3.8, 4) is 11.5 Å². The number of fused-ring (bicyclic) bond motifs is 1. The Morgan fingerprint density at radius 1 is 1.09 bits per heavy atom. The lowest BCUT2D eigenvalue weighted by Crippen LogP contribution is -2.20. The van der Waals surface area contributed by atoms with Crippen molar-refractivity contribution in [2.24, 2.45) is 5.10 Å². The average Bonchev–Trinajstić information content (AvgIpc) is 3.21. The molecule has 1 amide bonds. The minimum Gasteiger partial charge on any atom is -0.493 e. The van der Waals surface area contributed by atoms with E-state index in [9.17, 15) is 4.79 Å². The number of carbonyl (C=O) groups excluding carboxylic acids is 1. The van der Waals surface area contributed by atoms with E-state index in [2.05, 4.69) is 15.1 Å². The van der Waals surface area contributed by atoms with Crippen LogP contribution in [0, 0.1) is 0 Å². The van der Waals surface area contributed by atoms with Gasteiger partial charge >= 0.3 is 0 Å². The Morgan fingerprint density at radius 2 is 1.88 bits per heavy atom. The molecule has 4 rings (SSSR count). The number of halogens is 1. The van der Waals surface area contributed by atoms with Gasteiger partial charge in [0.05, 0.1) is 43.8 Å². The topological polar surface area (TPSA) is 77.7 Å². The molecule has 1 aromatic heterocycles. The van der Waals surface area contributed by atoms with Crippen molar-refractivity contribution in [2.45, 2.75) is 11.7 Å². The number of ether oxygens (including phenoxy) is 2. The first-order valence-electron chi connectivity index (χ1n) is 10.4. The van der Waals surface area contributed by atoms with Crippen LogP contribution in [0.5, 0.6) is 11.5 Å². The average molecular weight is 495 g/mol. The first kappa shape index (κ1) is 23.7. The third-order valence-corrected chi connectivity index (χ3v) is 6.26. The molecular formula is C25H23ClN4O3S. The van der Waals surface area contributed by atoms with Gasteiger partial charge in [-0.1, -0.05) is 53.7 Å². The number of methoxy groups -OCH3 is 2. The van der Waals surface area contributed by atoms with Gasteiger partial charge < -0.3 is 14.0 Å². The molecule has 9 heteroatoms. The van der Waals surface area contributed by atoms with Gasteiger partial charge in [-0.3, -0.25) is 4.79 Å². The van der Waals surface area contributed by atoms with Crippen LogP contribution in [-0.2, 0) is 11.3 Å². The summed E-state index contributed by atoms with van der Waals surface area (Å²) >= 11 is 7.38. The first-order chi connectivity index (χ1) is 16.6. The van der Waals surface area contributed by atoms with Crippen LogP contribution < -0.4 is 14.9 Å². The van der Waals surface area contributed by atoms with Crippen LogP contribution in [-0.4, -0.2) is 41.6 Å². The fourth-order valence-corrected chi connectivity index (χ4v) is 4.37. The Hall–Kier alpha value is -3.49. The van der Waals surface area contributed by atoms with Gasteiger partial charge in [-0.05, 0) is 42.0 Å². The SMILES string of the molecule is COc1cccc(/C=N\NC(=O)CSc2nc3ccccc3n2Cc2ccc(Cl)cc2)c1OC. The lowest BCUT2D eigenvalue weighted by molar-refractivity contribution is -0.118. The van der Waals surface area contributed by atoms with E-state index < -0.39 is 0 Å². The maximum atomic E-state index is 12.5. The number of benzene rings is 3. The number of aromatic nitrogens is 2. The van der Waals surface area contributed by atoms with Crippen LogP contribution in [0.25, 0.3) is 11.0 Å². The Labute approximate surface area is 206 Å². The molecule has 3 aromatic carbocycles. The second-order valence-corrected chi connectivity index (χ2v) is 8.64. The minimum absolute atomic E-state index is 0.163. The quantitative estimate of drug-likeness (QED) is 0.201.